The Morgan fingerprint density at radius 3 is 2.23 bits per heavy atom. The Morgan fingerprint density at radius 1 is 0.949 bits per heavy atom. The summed E-state index contributed by atoms with van der Waals surface area (Å²) in [6.45, 7) is 5.45. The second kappa shape index (κ2) is 11.7. The second-order valence-electron chi connectivity index (χ2n) is 12.3. The topological polar surface area (TPSA) is 53.1 Å². The third kappa shape index (κ3) is 6.23. The Kier molecular flexibility index (Phi) is 8.05. The zero-order valence-electron chi connectivity index (χ0n) is 22.7. The number of hydrogen-bond donors (Lipinski definition) is 0. The van der Waals surface area contributed by atoms with E-state index in [1.54, 1.807) is 23.5 Å². The monoisotopic (exact) mass is 553 g/mol. The van der Waals surface area contributed by atoms with E-state index in [0.29, 0.717) is 50.6 Å². The molecule has 1 saturated heterocycles. The molecule has 210 valence electrons. The maximum absolute atomic E-state index is 14.4. The van der Waals surface area contributed by atoms with E-state index in [4.69, 9.17) is 4.74 Å². The molecule has 5 aliphatic rings. The number of hydrogen-bond acceptors (Lipinski definition) is 5. The first-order chi connectivity index (χ1) is 19.0. The van der Waals surface area contributed by atoms with E-state index in [9.17, 15) is 14.0 Å². The smallest absolute Gasteiger partial charge is 0.242 e. The summed E-state index contributed by atoms with van der Waals surface area (Å²) in [5.74, 6) is 1.89. The van der Waals surface area contributed by atoms with Gasteiger partial charge in [-0.25, -0.2) is 4.39 Å². The van der Waals surface area contributed by atoms with Crippen LogP contribution in [-0.2, 0) is 27.4 Å². The molecule has 2 aromatic rings. The van der Waals surface area contributed by atoms with E-state index in [2.05, 4.69) is 4.90 Å². The van der Waals surface area contributed by atoms with Crippen LogP contribution in [0.25, 0.3) is 0 Å². The number of benzene rings is 1. The Morgan fingerprint density at radius 2 is 1.62 bits per heavy atom. The normalized spacial score (nSPS) is 28.0. The molecule has 0 N–H and O–H groups in total. The molecule has 7 rings (SSSR count). The van der Waals surface area contributed by atoms with Crippen molar-refractivity contribution in [3.63, 3.8) is 0 Å². The van der Waals surface area contributed by atoms with E-state index in [1.165, 1.54) is 31.4 Å². The molecule has 4 aliphatic carbocycles. The molecule has 6 nitrogen and oxygen atoms in total. The highest BCUT2D eigenvalue weighted by Crippen LogP contribution is 2.60. The summed E-state index contributed by atoms with van der Waals surface area (Å²) in [4.78, 5) is 35.5. The van der Waals surface area contributed by atoms with Gasteiger partial charge in [-0.3, -0.25) is 14.5 Å². The highest BCUT2D eigenvalue weighted by atomic mass is 32.1. The largest absolute Gasteiger partial charge is 0.379 e. The fraction of sp³-hybridized carbons (Fsp3) is 0.613. The van der Waals surface area contributed by atoms with Crippen LogP contribution in [0.15, 0.2) is 41.8 Å². The van der Waals surface area contributed by atoms with Crippen molar-refractivity contribution >= 4 is 23.2 Å². The van der Waals surface area contributed by atoms with E-state index < -0.39 is 0 Å². The van der Waals surface area contributed by atoms with Crippen LogP contribution < -0.4 is 0 Å². The Balaban J connectivity index is 1.21. The fourth-order valence-electron chi connectivity index (χ4n) is 7.94. The Hall–Kier alpha value is -2.29. The summed E-state index contributed by atoms with van der Waals surface area (Å²) in [6.07, 6.45) is 6.83. The minimum atomic E-state index is -0.287. The first kappa shape index (κ1) is 26.9. The van der Waals surface area contributed by atoms with Gasteiger partial charge in [0.15, 0.2) is 0 Å². The predicted molar refractivity (Wildman–Crippen MR) is 149 cm³/mol. The quantitative estimate of drug-likeness (QED) is 0.425. The maximum Gasteiger partial charge on any atom is 0.242 e. The van der Waals surface area contributed by atoms with E-state index >= 15 is 0 Å². The number of ether oxygens (including phenoxy) is 1. The number of nitrogens with zero attached hydrogens (tertiary/aromatic N) is 3. The lowest BCUT2D eigenvalue weighted by molar-refractivity contribution is -0.160. The molecule has 5 fully saturated rings. The van der Waals surface area contributed by atoms with Gasteiger partial charge in [0.2, 0.25) is 11.8 Å². The van der Waals surface area contributed by atoms with Gasteiger partial charge in [0.25, 0.3) is 0 Å². The molecule has 4 saturated carbocycles. The van der Waals surface area contributed by atoms with Gasteiger partial charge in [0.05, 0.1) is 31.7 Å². The molecule has 0 radical (unpaired) electrons. The molecule has 0 spiro atoms. The SMILES string of the molecule is O=C(CN(CCN1CCOCC1)C(=O)C12CC3CC(CC(C3)C1)C2)N(Cc1ccc(F)cc1)Cc1cccs1. The lowest BCUT2D eigenvalue weighted by Crippen LogP contribution is -2.57. The molecule has 8 heteroatoms. The molecule has 2 amide bonds. The highest BCUT2D eigenvalue weighted by molar-refractivity contribution is 7.09. The molecular formula is C31H40FN3O3S. The third-order valence-corrected chi connectivity index (χ3v) is 10.3. The number of carbonyl (C=O) groups is 2. The number of halogens is 1. The van der Waals surface area contributed by atoms with Gasteiger partial charge >= 0.3 is 0 Å². The lowest BCUT2D eigenvalue weighted by Gasteiger charge is -2.56. The van der Waals surface area contributed by atoms with E-state index in [-0.39, 0.29) is 29.6 Å². The van der Waals surface area contributed by atoms with Crippen molar-refractivity contribution in [2.75, 3.05) is 45.9 Å². The number of amides is 2. The van der Waals surface area contributed by atoms with Gasteiger partial charge in [-0.05, 0) is 85.4 Å². The van der Waals surface area contributed by atoms with Crippen LogP contribution in [0.3, 0.4) is 0 Å². The average Bonchev–Trinajstić information content (AvgIpc) is 3.44. The first-order valence-corrected chi connectivity index (χ1v) is 15.5. The van der Waals surface area contributed by atoms with Crippen LogP contribution in [0.5, 0.6) is 0 Å². The molecular weight excluding hydrogens is 513 g/mol. The number of morpholine rings is 1. The van der Waals surface area contributed by atoms with Gasteiger partial charge in [0.1, 0.15) is 5.82 Å². The standard InChI is InChI=1S/C31H40FN3O3S/c32-27-5-3-23(4-6-27)20-35(21-28-2-1-13-39-28)29(36)22-34(8-7-33-9-11-38-12-10-33)30(37)31-17-24-14-25(18-31)16-26(15-24)19-31/h1-6,13,24-26H,7-12,14-22H2. The summed E-state index contributed by atoms with van der Waals surface area (Å²) < 4.78 is 19.1. The zero-order valence-corrected chi connectivity index (χ0v) is 23.5. The minimum absolute atomic E-state index is 0.0484. The average molecular weight is 554 g/mol. The summed E-state index contributed by atoms with van der Waals surface area (Å²) >= 11 is 1.62. The van der Waals surface area contributed by atoms with Gasteiger partial charge < -0.3 is 14.5 Å². The van der Waals surface area contributed by atoms with Crippen molar-refractivity contribution in [3.8, 4) is 0 Å². The van der Waals surface area contributed by atoms with E-state index in [1.807, 2.05) is 27.3 Å². The molecule has 2 heterocycles. The molecule has 0 unspecified atom stereocenters. The molecule has 1 aromatic heterocycles. The van der Waals surface area contributed by atoms with Crippen molar-refractivity contribution in [1.29, 1.82) is 0 Å². The molecule has 0 atom stereocenters. The van der Waals surface area contributed by atoms with Gasteiger partial charge in [-0.15, -0.1) is 11.3 Å². The predicted octanol–water partition coefficient (Wildman–Crippen LogP) is 4.79. The molecule has 1 aliphatic heterocycles. The fourth-order valence-corrected chi connectivity index (χ4v) is 8.66. The lowest BCUT2D eigenvalue weighted by atomic mass is 9.49. The van der Waals surface area contributed by atoms with Crippen LogP contribution in [0.2, 0.25) is 0 Å². The second-order valence-corrected chi connectivity index (χ2v) is 13.4. The summed E-state index contributed by atoms with van der Waals surface area (Å²) in [5.41, 5.74) is 0.601. The summed E-state index contributed by atoms with van der Waals surface area (Å²) in [6, 6.07) is 10.4. The van der Waals surface area contributed by atoms with Crippen LogP contribution in [0.4, 0.5) is 4.39 Å². The van der Waals surface area contributed by atoms with Gasteiger partial charge in [-0.1, -0.05) is 18.2 Å². The van der Waals surface area contributed by atoms with Crippen molar-refractivity contribution in [2.45, 2.75) is 51.6 Å². The summed E-state index contributed by atoms with van der Waals surface area (Å²) in [5, 5.41) is 2.01. The summed E-state index contributed by atoms with van der Waals surface area (Å²) in [7, 11) is 0. The molecule has 4 bridgehead atoms. The Bertz CT molecular complexity index is 1100. The Labute approximate surface area is 235 Å². The number of carbonyl (C=O) groups excluding carboxylic acids is 2. The van der Waals surface area contributed by atoms with Crippen LogP contribution in [0.1, 0.15) is 49.0 Å². The van der Waals surface area contributed by atoms with Crippen molar-refractivity contribution < 1.29 is 18.7 Å². The van der Waals surface area contributed by atoms with Gasteiger partial charge in [0, 0.05) is 37.6 Å². The van der Waals surface area contributed by atoms with Crippen molar-refractivity contribution in [3.05, 3.63) is 58.0 Å². The van der Waals surface area contributed by atoms with Crippen molar-refractivity contribution in [1.82, 2.24) is 14.7 Å². The van der Waals surface area contributed by atoms with Crippen molar-refractivity contribution in [2.24, 2.45) is 23.2 Å². The third-order valence-electron chi connectivity index (χ3n) is 9.46. The molecule has 39 heavy (non-hydrogen) atoms. The maximum atomic E-state index is 14.4. The molecule has 1 aromatic carbocycles. The highest BCUT2D eigenvalue weighted by Gasteiger charge is 2.55. The van der Waals surface area contributed by atoms with Crippen LogP contribution in [-0.4, -0.2) is 72.5 Å². The number of thiophene rings is 1. The number of rotatable bonds is 10. The van der Waals surface area contributed by atoms with Crippen LogP contribution >= 0.6 is 11.3 Å². The zero-order chi connectivity index (χ0) is 26.8. The first-order valence-electron chi connectivity index (χ1n) is 14.6. The minimum Gasteiger partial charge on any atom is -0.379 e. The van der Waals surface area contributed by atoms with Crippen LogP contribution in [0, 0.1) is 29.0 Å². The van der Waals surface area contributed by atoms with Gasteiger partial charge in [-0.2, -0.15) is 0 Å². The van der Waals surface area contributed by atoms with E-state index in [0.717, 1.165) is 49.3 Å².